The van der Waals surface area contributed by atoms with Crippen LogP contribution in [0.2, 0.25) is 39.3 Å². The number of hydrogen-bond donors (Lipinski definition) is 0. The highest BCUT2D eigenvalue weighted by Gasteiger charge is 2.25. The van der Waals surface area contributed by atoms with Gasteiger partial charge in [-0.25, -0.2) is 0 Å². The minimum absolute atomic E-state index is 1.28. The molecule has 0 radical (unpaired) electrons. The quantitative estimate of drug-likeness (QED) is 0.0990. The lowest BCUT2D eigenvalue weighted by Crippen LogP contribution is -2.37. The average molecular weight is 675 g/mol. The van der Waals surface area contributed by atoms with Gasteiger partial charge in [-0.1, -0.05) is 183 Å². The molecular formula is C48H42Si2. The summed E-state index contributed by atoms with van der Waals surface area (Å²) in [7, 11) is -3.25. The van der Waals surface area contributed by atoms with E-state index in [0.717, 1.165) is 0 Å². The molecular weight excluding hydrogens is 633 g/mol. The maximum absolute atomic E-state index is 2.56. The first-order chi connectivity index (χ1) is 24.1. The molecule has 0 fully saturated rings. The lowest BCUT2D eigenvalue weighted by molar-refractivity contribution is 1.67. The van der Waals surface area contributed by atoms with E-state index >= 15 is 0 Å². The number of hydrogen-bond acceptors (Lipinski definition) is 0. The summed E-state index contributed by atoms with van der Waals surface area (Å²) >= 11 is 0. The van der Waals surface area contributed by atoms with Crippen molar-refractivity contribution in [2.24, 2.45) is 0 Å². The van der Waals surface area contributed by atoms with Gasteiger partial charge in [0.15, 0.2) is 0 Å². The molecule has 0 aliphatic carbocycles. The first-order valence-corrected chi connectivity index (χ1v) is 24.9. The molecule has 0 aromatic heterocycles. The molecule has 0 nitrogen and oxygen atoms in total. The predicted molar refractivity (Wildman–Crippen MR) is 228 cm³/mol. The molecule has 0 N–H and O–H groups in total. The van der Waals surface area contributed by atoms with E-state index in [2.05, 4.69) is 185 Å². The third kappa shape index (κ3) is 4.93. The first-order valence-electron chi connectivity index (χ1n) is 17.9. The van der Waals surface area contributed by atoms with Crippen LogP contribution in [0.5, 0.6) is 0 Å². The van der Waals surface area contributed by atoms with Crippen molar-refractivity contribution in [3.8, 4) is 22.3 Å². The van der Waals surface area contributed by atoms with Crippen molar-refractivity contribution in [2.45, 2.75) is 39.3 Å². The highest BCUT2D eigenvalue weighted by atomic mass is 28.3. The van der Waals surface area contributed by atoms with E-state index in [1.807, 2.05) is 0 Å². The third-order valence-electron chi connectivity index (χ3n) is 10.9. The summed E-state index contributed by atoms with van der Waals surface area (Å²) in [6.45, 7) is 14.8. The molecule has 0 aliphatic rings. The lowest BCUT2D eigenvalue weighted by atomic mass is 9.83. The number of fused-ring (bicyclic) bond motifs is 8. The fraction of sp³-hybridized carbons (Fsp3) is 0.125. The molecule has 9 rings (SSSR count). The van der Waals surface area contributed by atoms with E-state index in [4.69, 9.17) is 0 Å². The Labute approximate surface area is 297 Å². The first kappa shape index (κ1) is 31.0. The van der Waals surface area contributed by atoms with Crippen molar-refractivity contribution < 1.29 is 0 Å². The summed E-state index contributed by atoms with van der Waals surface area (Å²) in [5.74, 6) is 0. The zero-order valence-corrected chi connectivity index (χ0v) is 31.9. The van der Waals surface area contributed by atoms with Crippen LogP contribution < -0.4 is 10.4 Å². The summed E-state index contributed by atoms with van der Waals surface area (Å²) in [6.07, 6.45) is 0. The highest BCUT2D eigenvalue weighted by molar-refractivity contribution is 6.89. The van der Waals surface area contributed by atoms with Crippen molar-refractivity contribution in [1.29, 1.82) is 0 Å². The van der Waals surface area contributed by atoms with Gasteiger partial charge in [0.05, 0.1) is 16.1 Å². The van der Waals surface area contributed by atoms with Crippen molar-refractivity contribution in [3.05, 3.63) is 146 Å². The van der Waals surface area contributed by atoms with Crippen LogP contribution in [0.4, 0.5) is 0 Å². The Kier molecular flexibility index (Phi) is 6.97. The minimum atomic E-state index is -1.63. The van der Waals surface area contributed by atoms with Crippen LogP contribution in [-0.2, 0) is 0 Å². The van der Waals surface area contributed by atoms with Crippen molar-refractivity contribution in [1.82, 2.24) is 0 Å². The van der Waals surface area contributed by atoms with Gasteiger partial charge in [-0.15, -0.1) is 0 Å². The topological polar surface area (TPSA) is 0 Å². The van der Waals surface area contributed by atoms with Gasteiger partial charge >= 0.3 is 0 Å². The number of rotatable bonds is 4. The standard InChI is InChI=1S/C48H42Si2/c1-49(2,3)36-24-26-42-44(29-36)47(34-21-19-31-13-7-8-15-33(31)27-34)41-25-23-37(50(4,5)6)30-45(41)48(42)43-28-35-22-20-32-14-9-10-16-38(32)46(35)40-18-12-11-17-39(40)43/h7-30H,1-6H3. The molecule has 2 heteroatoms. The Bertz CT molecular complexity index is 2830. The summed E-state index contributed by atoms with van der Waals surface area (Å²) in [5.41, 5.74) is 5.31. The van der Waals surface area contributed by atoms with Crippen molar-refractivity contribution in [3.63, 3.8) is 0 Å². The number of benzene rings is 9. The van der Waals surface area contributed by atoms with Crippen LogP contribution in [0.1, 0.15) is 0 Å². The zero-order chi connectivity index (χ0) is 34.4. The SMILES string of the molecule is C[Si](C)(C)c1ccc2c(-c3cc4ccc5ccccc5c4c4ccccc34)c3cc([Si](C)(C)C)ccc3c(-c3ccc4ccccc4c3)c2c1. The zero-order valence-electron chi connectivity index (χ0n) is 29.9. The molecule has 0 atom stereocenters. The van der Waals surface area contributed by atoms with Crippen LogP contribution in [0.15, 0.2) is 146 Å². The normalized spacial score (nSPS) is 12.6. The third-order valence-corrected chi connectivity index (χ3v) is 15.0. The van der Waals surface area contributed by atoms with Gasteiger partial charge in [0.1, 0.15) is 0 Å². The van der Waals surface area contributed by atoms with Gasteiger partial charge in [-0.05, 0) is 99.0 Å². The van der Waals surface area contributed by atoms with Gasteiger partial charge in [0.2, 0.25) is 0 Å². The molecule has 0 unspecified atom stereocenters. The molecule has 0 saturated heterocycles. The Balaban J connectivity index is 1.50. The largest absolute Gasteiger partial charge is 0.0776 e. The molecule has 9 aromatic carbocycles. The Morgan fingerprint density at radius 1 is 0.320 bits per heavy atom. The van der Waals surface area contributed by atoms with E-state index in [1.54, 1.807) is 0 Å². The van der Waals surface area contributed by atoms with Crippen LogP contribution in [0.3, 0.4) is 0 Å². The van der Waals surface area contributed by atoms with E-state index in [-0.39, 0.29) is 0 Å². The Morgan fingerprint density at radius 2 is 0.840 bits per heavy atom. The average Bonchev–Trinajstić information content (AvgIpc) is 3.12. The Morgan fingerprint density at radius 3 is 1.52 bits per heavy atom. The molecule has 0 amide bonds. The van der Waals surface area contributed by atoms with Crippen molar-refractivity contribution in [2.75, 3.05) is 0 Å². The van der Waals surface area contributed by atoms with Gasteiger partial charge in [-0.2, -0.15) is 0 Å². The van der Waals surface area contributed by atoms with Crippen LogP contribution in [-0.4, -0.2) is 16.1 Å². The van der Waals surface area contributed by atoms with Crippen LogP contribution >= 0.6 is 0 Å². The molecule has 0 saturated carbocycles. The summed E-state index contributed by atoms with van der Waals surface area (Å²) in [5, 5.41) is 18.8. The fourth-order valence-electron chi connectivity index (χ4n) is 8.19. The minimum Gasteiger partial charge on any atom is -0.0656 e. The van der Waals surface area contributed by atoms with Gasteiger partial charge in [-0.3, -0.25) is 0 Å². The second-order valence-electron chi connectivity index (χ2n) is 16.2. The summed E-state index contributed by atoms with van der Waals surface area (Å²) in [6, 6.07) is 55.8. The summed E-state index contributed by atoms with van der Waals surface area (Å²) < 4.78 is 0. The fourth-order valence-corrected chi connectivity index (χ4v) is 10.5. The smallest absolute Gasteiger partial charge is 0.0656 e. The molecule has 9 aromatic rings. The van der Waals surface area contributed by atoms with E-state index < -0.39 is 16.1 Å². The molecule has 0 aliphatic heterocycles. The second-order valence-corrected chi connectivity index (χ2v) is 26.3. The van der Waals surface area contributed by atoms with E-state index in [1.165, 1.54) is 97.3 Å². The van der Waals surface area contributed by atoms with E-state index in [0.29, 0.717) is 0 Å². The summed E-state index contributed by atoms with van der Waals surface area (Å²) in [4.78, 5) is 0. The highest BCUT2D eigenvalue weighted by Crippen LogP contribution is 2.47. The van der Waals surface area contributed by atoms with Gasteiger partial charge in [0.25, 0.3) is 0 Å². The maximum Gasteiger partial charge on any atom is 0.0776 e. The lowest BCUT2D eigenvalue weighted by Gasteiger charge is -2.24. The molecule has 0 bridgehead atoms. The Hall–Kier alpha value is -5.03. The molecule has 50 heavy (non-hydrogen) atoms. The molecule has 242 valence electrons. The van der Waals surface area contributed by atoms with Crippen LogP contribution in [0.25, 0.3) is 86.9 Å². The van der Waals surface area contributed by atoms with E-state index in [9.17, 15) is 0 Å². The predicted octanol–water partition coefficient (Wildman–Crippen LogP) is 13.0. The maximum atomic E-state index is 2.56. The molecule has 0 heterocycles. The van der Waals surface area contributed by atoms with Crippen molar-refractivity contribution >= 4 is 91.2 Å². The second kappa shape index (κ2) is 11.2. The molecule has 0 spiro atoms. The van der Waals surface area contributed by atoms with Gasteiger partial charge < -0.3 is 0 Å². The monoisotopic (exact) mass is 674 g/mol. The van der Waals surface area contributed by atoms with Gasteiger partial charge in [0, 0.05) is 0 Å². The van der Waals surface area contributed by atoms with Crippen LogP contribution in [0, 0.1) is 0 Å².